The van der Waals surface area contributed by atoms with Crippen LogP contribution in [-0.4, -0.2) is 35.8 Å². The van der Waals surface area contributed by atoms with Gasteiger partial charge in [-0.1, -0.05) is 99.7 Å². The van der Waals surface area contributed by atoms with E-state index in [1.165, 1.54) is 54.6 Å². The first kappa shape index (κ1) is 34.9. The van der Waals surface area contributed by atoms with Crippen LogP contribution in [0.1, 0.15) is 73.9 Å². The molecular weight excluding hydrogens is 633 g/mol. The molecule has 0 heterocycles. The Balaban J connectivity index is 2.05. The van der Waals surface area contributed by atoms with Crippen molar-refractivity contribution in [3.05, 3.63) is 107 Å². The number of allylic oxidation sites excluding steroid dienone is 1. The number of hydrogen-bond donors (Lipinski definition) is 1. The molecule has 0 spiro atoms. The van der Waals surface area contributed by atoms with E-state index < -0.39 is 43.4 Å². The maximum atomic E-state index is 15.3. The minimum Gasteiger partial charge on any atom is -0.307 e. The van der Waals surface area contributed by atoms with Crippen molar-refractivity contribution in [2.24, 2.45) is 0 Å². The molecule has 0 bridgehead atoms. The van der Waals surface area contributed by atoms with Gasteiger partial charge in [0.2, 0.25) is 25.6 Å². The number of carbonyl (C=O) groups excluding carboxylic acids is 1. The van der Waals surface area contributed by atoms with Crippen molar-refractivity contribution >= 4 is 33.2 Å². The van der Waals surface area contributed by atoms with Crippen LogP contribution in [0.3, 0.4) is 0 Å². The molecule has 242 valence electrons. The van der Waals surface area contributed by atoms with Gasteiger partial charge in [-0.2, -0.15) is 4.72 Å². The van der Waals surface area contributed by atoms with Gasteiger partial charge in [0, 0.05) is 11.1 Å². The third-order valence-electron chi connectivity index (χ3n) is 7.56. The van der Waals surface area contributed by atoms with Crippen LogP contribution in [0.15, 0.2) is 99.6 Å². The fraction of sp³-hybridized carbons (Fsp3) is 0.364. The SMILES string of the molecule is CCCCCOP(=O)(OCCCCC)C1(NS(=O)(=O)c2ccc(C)cc2)C=C(S(=O)(=O)c2ccccc2)C(=O)c2ccccc21. The quantitative estimate of drug-likeness (QED) is 0.124. The molecule has 1 N–H and O–H groups in total. The van der Waals surface area contributed by atoms with Gasteiger partial charge in [-0.05, 0) is 50.1 Å². The normalized spacial score (nSPS) is 17.1. The molecule has 4 rings (SSSR count). The monoisotopic (exact) mass is 673 g/mol. The Morgan fingerprint density at radius 3 is 1.87 bits per heavy atom. The summed E-state index contributed by atoms with van der Waals surface area (Å²) in [7, 11) is -13.7. The van der Waals surface area contributed by atoms with Crippen LogP contribution in [0, 0.1) is 6.92 Å². The summed E-state index contributed by atoms with van der Waals surface area (Å²) < 4.78 is 86.4. The van der Waals surface area contributed by atoms with Crippen LogP contribution >= 0.6 is 7.60 Å². The Bertz CT molecular complexity index is 1770. The molecule has 1 unspecified atom stereocenters. The summed E-state index contributed by atoms with van der Waals surface area (Å²) in [6.45, 7) is 5.70. The van der Waals surface area contributed by atoms with Crippen molar-refractivity contribution in [2.75, 3.05) is 13.2 Å². The molecule has 1 aliphatic rings. The third kappa shape index (κ3) is 7.40. The number of Topliss-reactive ketones (excluding diaryl/α,β-unsaturated/α-hetero) is 1. The Morgan fingerprint density at radius 1 is 0.733 bits per heavy atom. The molecule has 45 heavy (non-hydrogen) atoms. The molecule has 0 amide bonds. The van der Waals surface area contributed by atoms with Crippen molar-refractivity contribution in [2.45, 2.75) is 74.4 Å². The second-order valence-electron chi connectivity index (χ2n) is 11.0. The van der Waals surface area contributed by atoms with Gasteiger partial charge in [-0.25, -0.2) is 16.8 Å². The highest BCUT2D eigenvalue weighted by molar-refractivity contribution is 7.96. The Morgan fingerprint density at radius 2 is 1.29 bits per heavy atom. The molecule has 0 saturated carbocycles. The first-order chi connectivity index (χ1) is 21.4. The molecule has 0 fully saturated rings. The lowest BCUT2D eigenvalue weighted by molar-refractivity contribution is 0.103. The lowest BCUT2D eigenvalue weighted by Gasteiger charge is -2.40. The molecule has 12 heteroatoms. The van der Waals surface area contributed by atoms with E-state index in [2.05, 4.69) is 4.72 Å². The van der Waals surface area contributed by atoms with Gasteiger partial charge < -0.3 is 9.05 Å². The van der Waals surface area contributed by atoms with Crippen LogP contribution < -0.4 is 4.72 Å². The van der Waals surface area contributed by atoms with Crippen LogP contribution in [-0.2, 0) is 38.8 Å². The maximum absolute atomic E-state index is 15.3. The number of sulfone groups is 1. The number of ketones is 1. The molecule has 1 aliphatic carbocycles. The molecule has 0 radical (unpaired) electrons. The minimum absolute atomic E-state index is 0.0213. The van der Waals surface area contributed by atoms with Crippen LogP contribution in [0.4, 0.5) is 0 Å². The maximum Gasteiger partial charge on any atom is 0.360 e. The van der Waals surface area contributed by atoms with Crippen molar-refractivity contribution in [3.63, 3.8) is 0 Å². The summed E-state index contributed by atoms with van der Waals surface area (Å²) in [6, 6.07) is 19.3. The van der Waals surface area contributed by atoms with E-state index in [-0.39, 0.29) is 34.1 Å². The van der Waals surface area contributed by atoms with Crippen molar-refractivity contribution in [3.8, 4) is 0 Å². The van der Waals surface area contributed by atoms with Crippen molar-refractivity contribution < 1.29 is 35.2 Å². The first-order valence-corrected chi connectivity index (χ1v) is 19.6. The lowest BCUT2D eigenvalue weighted by Crippen LogP contribution is -2.48. The van der Waals surface area contributed by atoms with Gasteiger partial charge in [0.25, 0.3) is 0 Å². The van der Waals surface area contributed by atoms with E-state index >= 15 is 4.57 Å². The number of unbranched alkanes of at least 4 members (excludes halogenated alkanes) is 4. The highest BCUT2D eigenvalue weighted by atomic mass is 32.2. The number of sulfonamides is 1. The summed E-state index contributed by atoms with van der Waals surface area (Å²) in [6.07, 6.45) is 5.11. The fourth-order valence-electron chi connectivity index (χ4n) is 5.07. The number of hydrogen-bond acceptors (Lipinski definition) is 8. The van der Waals surface area contributed by atoms with Crippen molar-refractivity contribution in [1.82, 2.24) is 4.72 Å². The van der Waals surface area contributed by atoms with E-state index in [1.807, 2.05) is 13.8 Å². The molecule has 0 aliphatic heterocycles. The second-order valence-corrected chi connectivity index (χ2v) is 16.8. The minimum atomic E-state index is -4.67. The molecule has 9 nitrogen and oxygen atoms in total. The predicted molar refractivity (Wildman–Crippen MR) is 174 cm³/mol. The average Bonchev–Trinajstić information content (AvgIpc) is 3.03. The molecule has 3 aromatic rings. The summed E-state index contributed by atoms with van der Waals surface area (Å²) in [4.78, 5) is 12.9. The molecular formula is C33H40NO8PS2. The Labute approximate surface area is 266 Å². The zero-order valence-electron chi connectivity index (χ0n) is 25.8. The predicted octanol–water partition coefficient (Wildman–Crippen LogP) is 7.29. The van der Waals surface area contributed by atoms with E-state index in [0.29, 0.717) is 12.8 Å². The summed E-state index contributed by atoms with van der Waals surface area (Å²) in [5, 5.41) is -2.41. The number of fused-ring (bicyclic) bond motifs is 1. The molecule has 0 aromatic heterocycles. The summed E-state index contributed by atoms with van der Waals surface area (Å²) in [5.74, 6) is -0.858. The van der Waals surface area contributed by atoms with E-state index in [1.54, 1.807) is 31.2 Å². The van der Waals surface area contributed by atoms with E-state index in [0.717, 1.165) is 37.3 Å². The zero-order valence-corrected chi connectivity index (χ0v) is 28.3. The molecule has 0 saturated heterocycles. The zero-order chi connectivity index (χ0) is 32.7. The standard InChI is InChI=1S/C33H40NO8PS2/c1-4-6-13-23-41-43(36,42-24-14-7-5-2)33(34-45(39,40)28-21-19-26(3)20-22-28)25-31(32(35)29-17-11-12-18-30(29)33)44(37,38)27-15-9-8-10-16-27/h8-12,15-22,25,34H,4-7,13-14,23-24H2,1-3H3. The van der Waals surface area contributed by atoms with Gasteiger partial charge in [0.15, 0.2) is 5.28 Å². The number of nitrogens with one attached hydrogen (secondary N) is 1. The van der Waals surface area contributed by atoms with Gasteiger partial charge in [0.1, 0.15) is 4.91 Å². The number of benzene rings is 3. The van der Waals surface area contributed by atoms with Gasteiger partial charge >= 0.3 is 7.60 Å². The average molecular weight is 674 g/mol. The highest BCUT2D eigenvalue weighted by Crippen LogP contribution is 2.67. The molecule has 1 atom stereocenters. The summed E-state index contributed by atoms with van der Waals surface area (Å²) >= 11 is 0. The summed E-state index contributed by atoms with van der Waals surface area (Å²) in [5.41, 5.74) is 0.667. The Hall–Kier alpha value is -2.92. The largest absolute Gasteiger partial charge is 0.360 e. The highest BCUT2D eigenvalue weighted by Gasteiger charge is 2.58. The number of aryl methyl sites for hydroxylation is 1. The fourth-order valence-corrected chi connectivity index (χ4v) is 10.6. The van der Waals surface area contributed by atoms with Crippen LogP contribution in [0.25, 0.3) is 0 Å². The van der Waals surface area contributed by atoms with E-state index in [4.69, 9.17) is 9.05 Å². The van der Waals surface area contributed by atoms with Gasteiger partial charge in [0.05, 0.1) is 23.0 Å². The van der Waals surface area contributed by atoms with Crippen LogP contribution in [0.2, 0.25) is 0 Å². The van der Waals surface area contributed by atoms with Crippen molar-refractivity contribution in [1.29, 1.82) is 0 Å². The number of rotatable bonds is 16. The van der Waals surface area contributed by atoms with Gasteiger partial charge in [-0.15, -0.1) is 0 Å². The smallest absolute Gasteiger partial charge is 0.307 e. The first-order valence-electron chi connectivity index (χ1n) is 15.1. The second kappa shape index (κ2) is 14.7. The molecule has 3 aromatic carbocycles. The third-order valence-corrected chi connectivity index (χ3v) is 13.4. The van der Waals surface area contributed by atoms with E-state index in [9.17, 15) is 21.6 Å². The number of carbonyl (C=O) groups is 1. The lowest BCUT2D eigenvalue weighted by atomic mass is 9.92. The van der Waals surface area contributed by atoms with Crippen LogP contribution in [0.5, 0.6) is 0 Å². The van der Waals surface area contributed by atoms with Gasteiger partial charge in [-0.3, -0.25) is 9.36 Å². The Kier molecular flexibility index (Phi) is 11.4. The topological polar surface area (TPSA) is 133 Å².